The Balaban J connectivity index is 1.28. The molecule has 1 aromatic heterocycles. The summed E-state index contributed by atoms with van der Waals surface area (Å²) in [6.45, 7) is 11.0. The Kier molecular flexibility index (Phi) is 8.07. The van der Waals surface area contributed by atoms with Crippen molar-refractivity contribution in [1.29, 1.82) is 0 Å². The predicted octanol–water partition coefficient (Wildman–Crippen LogP) is 8.93. The SMILES string of the molecule is CCOC(=O)C1(c2ccc(-c3ccc(-c4onc(C)c4C=CC(C)Cc4ccc(C(C)C)cc4)cc3)cc2)CC1. The molecule has 0 N–H and O–H groups in total. The molecule has 0 amide bonds. The summed E-state index contributed by atoms with van der Waals surface area (Å²) in [6, 6.07) is 25.7. The molecule has 0 bridgehead atoms. The van der Waals surface area contributed by atoms with E-state index >= 15 is 0 Å². The first kappa shape index (κ1) is 27.6. The van der Waals surface area contributed by atoms with Crippen molar-refractivity contribution in [2.75, 3.05) is 6.61 Å². The number of ether oxygens (including phenoxy) is 1. The Labute approximate surface area is 238 Å². The van der Waals surface area contributed by atoms with E-state index in [-0.39, 0.29) is 5.97 Å². The van der Waals surface area contributed by atoms with Gasteiger partial charge in [0.05, 0.1) is 17.7 Å². The molecule has 4 heteroatoms. The standard InChI is InChI=1S/C36H39NO3/c1-6-39-35(38)36(21-22-36)32-18-16-30(17-19-32)29-12-14-31(15-13-29)34-33(26(5)37-40-34)20-7-25(4)23-27-8-10-28(11-9-27)24(2)3/h7-20,24-25H,6,21-23H2,1-5H3. The lowest BCUT2D eigenvalue weighted by atomic mass is 9.93. The van der Waals surface area contributed by atoms with Crippen molar-refractivity contribution in [2.24, 2.45) is 5.92 Å². The maximum absolute atomic E-state index is 12.4. The molecule has 5 rings (SSSR count). The number of aromatic nitrogens is 1. The number of aryl methyl sites for hydroxylation is 1. The number of carbonyl (C=O) groups excluding carboxylic acids is 1. The van der Waals surface area contributed by atoms with Gasteiger partial charge in [0.2, 0.25) is 0 Å². The van der Waals surface area contributed by atoms with Gasteiger partial charge in [-0.3, -0.25) is 4.79 Å². The first-order valence-corrected chi connectivity index (χ1v) is 14.4. The summed E-state index contributed by atoms with van der Waals surface area (Å²) in [5.41, 5.74) is 8.45. The first-order valence-electron chi connectivity index (χ1n) is 14.4. The Morgan fingerprint density at radius 3 is 2.10 bits per heavy atom. The van der Waals surface area contributed by atoms with Gasteiger partial charge >= 0.3 is 5.97 Å². The summed E-state index contributed by atoms with van der Waals surface area (Å²) in [4.78, 5) is 12.4. The maximum atomic E-state index is 12.4. The van der Waals surface area contributed by atoms with Crippen molar-refractivity contribution in [2.45, 2.75) is 65.2 Å². The van der Waals surface area contributed by atoms with Gasteiger partial charge in [0.25, 0.3) is 0 Å². The first-order chi connectivity index (χ1) is 19.3. The van der Waals surface area contributed by atoms with Crippen LogP contribution in [0.1, 0.15) is 74.4 Å². The maximum Gasteiger partial charge on any atom is 0.316 e. The van der Waals surface area contributed by atoms with Crippen LogP contribution in [0.25, 0.3) is 28.5 Å². The number of rotatable bonds is 10. The zero-order valence-corrected chi connectivity index (χ0v) is 24.2. The molecule has 0 saturated heterocycles. The third-order valence-electron chi connectivity index (χ3n) is 8.04. The fourth-order valence-corrected chi connectivity index (χ4v) is 5.32. The van der Waals surface area contributed by atoms with Crippen LogP contribution in [0.3, 0.4) is 0 Å². The number of esters is 1. The Hall–Kier alpha value is -3.92. The third-order valence-corrected chi connectivity index (χ3v) is 8.04. The number of carbonyl (C=O) groups is 1. The fraction of sp³-hybridized carbons (Fsp3) is 0.333. The van der Waals surface area contributed by atoms with Crippen molar-refractivity contribution in [3.05, 3.63) is 107 Å². The quantitative estimate of drug-likeness (QED) is 0.191. The van der Waals surface area contributed by atoms with Crippen molar-refractivity contribution < 1.29 is 14.1 Å². The summed E-state index contributed by atoms with van der Waals surface area (Å²) in [5.74, 6) is 1.62. The number of allylic oxidation sites excluding steroid dienone is 1. The molecule has 206 valence electrons. The van der Waals surface area contributed by atoms with Gasteiger partial charge in [0, 0.05) is 11.1 Å². The highest BCUT2D eigenvalue weighted by Crippen LogP contribution is 2.49. The summed E-state index contributed by atoms with van der Waals surface area (Å²) >= 11 is 0. The minimum atomic E-state index is -0.442. The molecule has 0 spiro atoms. The zero-order chi connectivity index (χ0) is 28.3. The van der Waals surface area contributed by atoms with Crippen LogP contribution >= 0.6 is 0 Å². The Bertz CT molecular complexity index is 1470. The molecule has 1 aliphatic rings. The van der Waals surface area contributed by atoms with Gasteiger partial charge in [-0.1, -0.05) is 111 Å². The number of nitrogens with zero attached hydrogens (tertiary/aromatic N) is 1. The van der Waals surface area contributed by atoms with E-state index in [2.05, 4.69) is 111 Å². The molecule has 4 aromatic rings. The van der Waals surface area contributed by atoms with Crippen molar-refractivity contribution in [3.63, 3.8) is 0 Å². The van der Waals surface area contributed by atoms with Crippen LogP contribution in [0.4, 0.5) is 0 Å². The number of hydrogen-bond donors (Lipinski definition) is 0. The smallest absolute Gasteiger partial charge is 0.316 e. The number of benzene rings is 3. The van der Waals surface area contributed by atoms with Gasteiger partial charge in [-0.15, -0.1) is 0 Å². The lowest BCUT2D eigenvalue weighted by Gasteiger charge is -2.14. The summed E-state index contributed by atoms with van der Waals surface area (Å²) in [5, 5.41) is 4.26. The van der Waals surface area contributed by atoms with E-state index in [1.165, 1.54) is 11.1 Å². The van der Waals surface area contributed by atoms with E-state index < -0.39 is 5.41 Å². The molecular weight excluding hydrogens is 494 g/mol. The molecule has 1 atom stereocenters. The van der Waals surface area contributed by atoms with Crippen LogP contribution < -0.4 is 0 Å². The summed E-state index contributed by atoms with van der Waals surface area (Å²) in [7, 11) is 0. The summed E-state index contributed by atoms with van der Waals surface area (Å²) in [6.07, 6.45) is 7.11. The topological polar surface area (TPSA) is 52.3 Å². The van der Waals surface area contributed by atoms with Gasteiger partial charge in [0.1, 0.15) is 0 Å². The highest BCUT2D eigenvalue weighted by molar-refractivity contribution is 5.87. The minimum Gasteiger partial charge on any atom is -0.465 e. The highest BCUT2D eigenvalue weighted by atomic mass is 16.5. The van der Waals surface area contributed by atoms with Crippen molar-refractivity contribution >= 4 is 12.0 Å². The zero-order valence-electron chi connectivity index (χ0n) is 24.2. The van der Waals surface area contributed by atoms with E-state index in [4.69, 9.17) is 9.26 Å². The molecule has 1 unspecified atom stereocenters. The minimum absolute atomic E-state index is 0.103. The molecule has 1 fully saturated rings. The fourth-order valence-electron chi connectivity index (χ4n) is 5.32. The van der Waals surface area contributed by atoms with Gasteiger partial charge in [-0.05, 0) is 72.8 Å². The molecule has 40 heavy (non-hydrogen) atoms. The average Bonchev–Trinajstić information content (AvgIpc) is 3.70. The lowest BCUT2D eigenvalue weighted by molar-refractivity contribution is -0.146. The second-order valence-corrected chi connectivity index (χ2v) is 11.4. The molecule has 1 aliphatic carbocycles. The van der Waals surface area contributed by atoms with Crippen LogP contribution in [0.15, 0.2) is 83.4 Å². The molecule has 4 nitrogen and oxygen atoms in total. The third kappa shape index (κ3) is 5.82. The largest absolute Gasteiger partial charge is 0.465 e. The van der Waals surface area contributed by atoms with Gasteiger partial charge in [0.15, 0.2) is 5.76 Å². The Morgan fingerprint density at radius 1 is 0.925 bits per heavy atom. The summed E-state index contributed by atoms with van der Waals surface area (Å²) < 4.78 is 11.1. The van der Waals surface area contributed by atoms with Crippen LogP contribution in [-0.2, 0) is 21.4 Å². The predicted molar refractivity (Wildman–Crippen MR) is 162 cm³/mol. The second kappa shape index (κ2) is 11.7. The van der Waals surface area contributed by atoms with Gasteiger partial charge < -0.3 is 9.26 Å². The van der Waals surface area contributed by atoms with Gasteiger partial charge in [-0.25, -0.2) is 0 Å². The van der Waals surface area contributed by atoms with E-state index in [1.807, 2.05) is 13.8 Å². The monoisotopic (exact) mass is 533 g/mol. The normalized spacial score (nSPS) is 14.9. The van der Waals surface area contributed by atoms with E-state index in [9.17, 15) is 4.79 Å². The van der Waals surface area contributed by atoms with Crippen LogP contribution in [0.2, 0.25) is 0 Å². The van der Waals surface area contributed by atoms with E-state index in [1.54, 1.807) is 0 Å². The van der Waals surface area contributed by atoms with Crippen LogP contribution in [0, 0.1) is 12.8 Å². The lowest BCUT2D eigenvalue weighted by Crippen LogP contribution is -2.23. The van der Waals surface area contributed by atoms with Crippen molar-refractivity contribution in [1.82, 2.24) is 5.16 Å². The molecule has 0 aliphatic heterocycles. The van der Waals surface area contributed by atoms with Crippen molar-refractivity contribution in [3.8, 4) is 22.5 Å². The van der Waals surface area contributed by atoms with E-state index in [0.29, 0.717) is 18.4 Å². The van der Waals surface area contributed by atoms with Gasteiger partial charge in [-0.2, -0.15) is 0 Å². The van der Waals surface area contributed by atoms with Crippen LogP contribution in [-0.4, -0.2) is 17.7 Å². The Morgan fingerprint density at radius 2 is 1.52 bits per heavy atom. The van der Waals surface area contributed by atoms with Crippen LogP contribution in [0.5, 0.6) is 0 Å². The van der Waals surface area contributed by atoms with E-state index in [0.717, 1.165) is 58.5 Å². The molecule has 1 saturated carbocycles. The number of hydrogen-bond acceptors (Lipinski definition) is 4. The molecular formula is C36H39NO3. The second-order valence-electron chi connectivity index (χ2n) is 11.4. The molecule has 3 aromatic carbocycles. The highest BCUT2D eigenvalue weighted by Gasteiger charge is 2.52. The molecule has 1 heterocycles. The average molecular weight is 534 g/mol. The molecule has 0 radical (unpaired) electrons.